The molecule has 0 saturated heterocycles. The summed E-state index contributed by atoms with van der Waals surface area (Å²) in [6.45, 7) is 0. The fourth-order valence-electron chi connectivity index (χ4n) is 0.312. The summed E-state index contributed by atoms with van der Waals surface area (Å²) in [5.74, 6) is 0. The molecule has 10 heteroatoms. The van der Waals surface area contributed by atoms with E-state index in [9.17, 15) is 4.79 Å². The maximum atomic E-state index is 10.2. The average Bonchev–Trinajstić information content (AvgIpc) is 1.85. The number of nitrogens with one attached hydrogen (secondary N) is 1. The van der Waals surface area contributed by atoms with Gasteiger partial charge in [-0.1, -0.05) is 0 Å². The first-order valence-corrected chi connectivity index (χ1v) is 4.24. The molecule has 0 bridgehead atoms. The molecule has 0 amide bonds. The number of hydrogen-bond donors (Lipinski definition) is 4. The number of nitrogens with zero attached hydrogens (tertiary/aromatic N) is 1. The quantitative estimate of drug-likeness (QED) is 0.348. The van der Waals surface area contributed by atoms with E-state index in [-0.39, 0.29) is 16.5 Å². The molecule has 0 atom stereocenters. The molecule has 0 aromatic carbocycles. The number of aromatic amines is 1. The fraction of sp³-hybridized carbons (Fsp3) is 0. The third kappa shape index (κ3) is 22.4. The Bertz CT molecular complexity index is 294. The van der Waals surface area contributed by atoms with E-state index in [0.717, 1.165) is 0 Å². The average molecular weight is 230 g/mol. The highest BCUT2D eigenvalue weighted by molar-refractivity contribution is 7.45. The number of aromatic nitrogens is 2. The first kappa shape index (κ1) is 18.6. The molecule has 0 fully saturated rings. The highest BCUT2D eigenvalue weighted by Gasteiger charge is 2.00. The van der Waals surface area contributed by atoms with Gasteiger partial charge in [-0.3, -0.25) is 4.79 Å². The van der Waals surface area contributed by atoms with Gasteiger partial charge in [-0.15, -0.1) is 0 Å². The summed E-state index contributed by atoms with van der Waals surface area (Å²) in [6, 6.07) is 2.99. The van der Waals surface area contributed by atoms with Crippen LogP contribution >= 0.6 is 7.82 Å². The molecule has 0 aliphatic rings. The Kier molecular flexibility index (Phi) is 11.3. The van der Waals surface area contributed by atoms with Crippen molar-refractivity contribution in [3.8, 4) is 0 Å². The monoisotopic (exact) mass is 230 g/mol. The molecule has 84 valence electrons. The van der Waals surface area contributed by atoms with Crippen molar-refractivity contribution in [2.24, 2.45) is 0 Å². The lowest BCUT2D eigenvalue weighted by Crippen LogP contribution is -2.02. The Morgan fingerprint density at radius 2 is 1.71 bits per heavy atom. The molecule has 0 spiro atoms. The van der Waals surface area contributed by atoms with Gasteiger partial charge in [0, 0.05) is 12.3 Å². The second kappa shape index (κ2) is 8.51. The maximum absolute atomic E-state index is 10.2. The van der Waals surface area contributed by atoms with E-state index in [4.69, 9.17) is 19.2 Å². The van der Waals surface area contributed by atoms with Crippen molar-refractivity contribution in [1.29, 1.82) is 0 Å². The van der Waals surface area contributed by atoms with Gasteiger partial charge in [-0.25, -0.2) is 9.66 Å². The van der Waals surface area contributed by atoms with Gasteiger partial charge < -0.3 is 25.6 Å². The van der Waals surface area contributed by atoms with Crippen LogP contribution in [0.2, 0.25) is 0 Å². The summed E-state index contributed by atoms with van der Waals surface area (Å²) in [7, 11) is -4.64. The van der Waals surface area contributed by atoms with Crippen LogP contribution in [0.5, 0.6) is 0 Å². The Balaban J connectivity index is -0.000000159. The first-order chi connectivity index (χ1) is 5.39. The van der Waals surface area contributed by atoms with Crippen LogP contribution in [0.4, 0.5) is 0 Å². The van der Waals surface area contributed by atoms with E-state index in [2.05, 4.69) is 10.2 Å². The summed E-state index contributed by atoms with van der Waals surface area (Å²) in [5, 5.41) is 5.67. The second-order valence-electron chi connectivity index (χ2n) is 1.63. The van der Waals surface area contributed by atoms with Crippen LogP contribution in [0.25, 0.3) is 0 Å². The fourth-order valence-corrected chi connectivity index (χ4v) is 0.312. The van der Waals surface area contributed by atoms with Crippen molar-refractivity contribution in [1.82, 2.24) is 10.2 Å². The number of phosphoric acid groups is 1. The smallest absolute Gasteiger partial charge is 0.412 e. The molecular weight excluding hydrogens is 219 g/mol. The van der Waals surface area contributed by atoms with Crippen LogP contribution in [0.15, 0.2) is 23.1 Å². The molecule has 0 saturated carbocycles. The Morgan fingerprint density at radius 3 is 1.86 bits per heavy atom. The lowest BCUT2D eigenvalue weighted by Gasteiger charge is -1.82. The Morgan fingerprint density at radius 1 is 1.29 bits per heavy atom. The third-order valence-corrected chi connectivity index (χ3v) is 0.583. The second-order valence-corrected chi connectivity index (χ2v) is 2.65. The van der Waals surface area contributed by atoms with Crippen molar-refractivity contribution < 1.29 is 30.2 Å². The molecule has 1 rings (SSSR count). The molecule has 1 aromatic heterocycles. The Labute approximate surface area is 77.9 Å². The van der Waals surface area contributed by atoms with Crippen LogP contribution in [0.3, 0.4) is 0 Å². The van der Waals surface area contributed by atoms with E-state index in [1.54, 1.807) is 6.07 Å². The van der Waals surface area contributed by atoms with Crippen LogP contribution in [-0.2, 0) is 4.57 Å². The SMILES string of the molecule is O.O.O=P(O)(O)O.O=c1cccn[nH]1. The largest absolute Gasteiger partial charge is 0.466 e. The highest BCUT2D eigenvalue weighted by Crippen LogP contribution is 2.25. The number of hydrogen-bond acceptors (Lipinski definition) is 3. The predicted octanol–water partition coefficient (Wildman–Crippen LogP) is -2.81. The van der Waals surface area contributed by atoms with Crippen molar-refractivity contribution in [2.75, 3.05) is 0 Å². The molecule has 0 radical (unpaired) electrons. The zero-order valence-electron chi connectivity index (χ0n) is 6.78. The van der Waals surface area contributed by atoms with E-state index < -0.39 is 7.82 Å². The Hall–Kier alpha value is -1.09. The van der Waals surface area contributed by atoms with E-state index >= 15 is 0 Å². The van der Waals surface area contributed by atoms with Crippen molar-refractivity contribution >= 4 is 7.82 Å². The number of H-pyrrole nitrogens is 1. The molecule has 0 aliphatic carbocycles. The number of rotatable bonds is 0. The van der Waals surface area contributed by atoms with Gasteiger partial charge in [0.1, 0.15) is 0 Å². The first-order valence-electron chi connectivity index (χ1n) is 2.67. The minimum Gasteiger partial charge on any atom is -0.412 e. The summed E-state index contributed by atoms with van der Waals surface area (Å²) < 4.78 is 8.88. The normalized spacial score (nSPS) is 8.50. The van der Waals surface area contributed by atoms with Gasteiger partial charge in [-0.2, -0.15) is 5.10 Å². The topological polar surface area (TPSA) is 187 Å². The third-order valence-electron chi connectivity index (χ3n) is 0.583. The molecular formula is C4H11N2O7P. The maximum Gasteiger partial charge on any atom is 0.466 e. The van der Waals surface area contributed by atoms with Crippen molar-refractivity contribution in [2.45, 2.75) is 0 Å². The molecule has 0 unspecified atom stereocenters. The highest BCUT2D eigenvalue weighted by atomic mass is 31.2. The molecule has 14 heavy (non-hydrogen) atoms. The molecule has 1 heterocycles. The van der Waals surface area contributed by atoms with E-state index in [0.29, 0.717) is 0 Å². The van der Waals surface area contributed by atoms with E-state index in [1.165, 1.54) is 12.3 Å². The predicted molar refractivity (Wildman–Crippen MR) is 46.3 cm³/mol. The minimum absolute atomic E-state index is 0. The van der Waals surface area contributed by atoms with Crippen LogP contribution in [-0.4, -0.2) is 35.8 Å². The van der Waals surface area contributed by atoms with Gasteiger partial charge >= 0.3 is 7.82 Å². The van der Waals surface area contributed by atoms with E-state index in [1.807, 2.05) is 0 Å². The molecule has 8 N–H and O–H groups in total. The zero-order valence-corrected chi connectivity index (χ0v) is 7.68. The summed E-state index contributed by atoms with van der Waals surface area (Å²) in [6.07, 6.45) is 1.52. The van der Waals surface area contributed by atoms with Gasteiger partial charge in [0.25, 0.3) is 5.56 Å². The van der Waals surface area contributed by atoms with Gasteiger partial charge in [0.2, 0.25) is 0 Å². The summed E-state index contributed by atoms with van der Waals surface area (Å²) in [4.78, 5) is 31.7. The van der Waals surface area contributed by atoms with Crippen LogP contribution in [0.1, 0.15) is 0 Å². The van der Waals surface area contributed by atoms with Crippen molar-refractivity contribution in [3.05, 3.63) is 28.7 Å². The lowest BCUT2D eigenvalue weighted by molar-refractivity contribution is 0.275. The van der Waals surface area contributed by atoms with Gasteiger partial charge in [0.15, 0.2) is 0 Å². The van der Waals surface area contributed by atoms with Gasteiger partial charge in [-0.05, 0) is 6.07 Å². The van der Waals surface area contributed by atoms with Gasteiger partial charge in [0.05, 0.1) is 0 Å². The van der Waals surface area contributed by atoms with Crippen molar-refractivity contribution in [3.63, 3.8) is 0 Å². The molecule has 9 nitrogen and oxygen atoms in total. The van der Waals surface area contributed by atoms with Crippen LogP contribution in [0, 0.1) is 0 Å². The lowest BCUT2D eigenvalue weighted by atomic mass is 10.6. The summed E-state index contributed by atoms with van der Waals surface area (Å²) >= 11 is 0. The van der Waals surface area contributed by atoms with Crippen LogP contribution < -0.4 is 5.56 Å². The summed E-state index contributed by atoms with van der Waals surface area (Å²) in [5.41, 5.74) is -0.164. The minimum atomic E-state index is -4.64. The molecule has 1 aromatic rings. The zero-order chi connectivity index (χ0) is 9.61. The molecule has 0 aliphatic heterocycles. The standard InChI is InChI=1S/C4H4N2O.H3O4P.2H2O/c7-4-2-1-3-5-6-4;1-5(2,3)4;;/h1-3H,(H,6,7);(H3,1,2,3,4);2*1H2.